The number of rotatable bonds is 3. The molecule has 0 atom stereocenters. The number of nitro benzene ring substituents is 1. The summed E-state index contributed by atoms with van der Waals surface area (Å²) in [4.78, 5) is 9.98. The molecule has 0 saturated heterocycles. The van der Waals surface area contributed by atoms with Crippen molar-refractivity contribution in [3.63, 3.8) is 0 Å². The van der Waals surface area contributed by atoms with Gasteiger partial charge in [-0.05, 0) is 12.1 Å². The second-order valence-electron chi connectivity index (χ2n) is 3.07. The summed E-state index contributed by atoms with van der Waals surface area (Å²) in [6.07, 6.45) is 1.43. The molecule has 0 spiro atoms. The van der Waals surface area contributed by atoms with Gasteiger partial charge in [-0.15, -0.1) is 5.10 Å². The molecular weight excluding hydrogens is 212 g/mol. The molecule has 7 nitrogen and oxygen atoms in total. The summed E-state index contributed by atoms with van der Waals surface area (Å²) in [6.45, 7) is -0.190. The Balaban J connectivity index is 2.38. The lowest BCUT2D eigenvalue weighted by Gasteiger charge is -2.02. The number of hydrogen-bond donors (Lipinski definition) is 1. The summed E-state index contributed by atoms with van der Waals surface area (Å²) in [6, 6.07) is 5.84. The van der Waals surface area contributed by atoms with Crippen LogP contribution >= 0.6 is 0 Å². The maximum atomic E-state index is 10.5. The van der Waals surface area contributed by atoms with E-state index in [9.17, 15) is 10.1 Å². The summed E-state index contributed by atoms with van der Waals surface area (Å²) < 4.78 is 1.42. The van der Waals surface area contributed by atoms with Gasteiger partial charge in [0.2, 0.25) is 0 Å². The molecule has 0 amide bonds. The average molecular weight is 220 g/mol. The molecular formula is C9H8N4O3. The van der Waals surface area contributed by atoms with E-state index in [1.54, 1.807) is 12.1 Å². The summed E-state index contributed by atoms with van der Waals surface area (Å²) in [5.41, 5.74) is 1.15. The SMILES string of the molecule is O=[N+]([O-])c1ccc(-n2nncc2CO)cc1. The largest absolute Gasteiger partial charge is 0.390 e. The smallest absolute Gasteiger partial charge is 0.269 e. The Morgan fingerprint density at radius 1 is 1.38 bits per heavy atom. The molecule has 2 aromatic rings. The molecule has 1 N–H and O–H groups in total. The molecule has 1 aromatic carbocycles. The molecule has 82 valence electrons. The topological polar surface area (TPSA) is 94.1 Å². The maximum absolute atomic E-state index is 10.5. The molecule has 16 heavy (non-hydrogen) atoms. The van der Waals surface area contributed by atoms with Gasteiger partial charge in [0.05, 0.1) is 29.1 Å². The predicted molar refractivity (Wildman–Crippen MR) is 53.9 cm³/mol. The number of non-ortho nitro benzene ring substituents is 1. The molecule has 0 bridgehead atoms. The molecule has 0 fully saturated rings. The van der Waals surface area contributed by atoms with Crippen LogP contribution < -0.4 is 0 Å². The van der Waals surface area contributed by atoms with Gasteiger partial charge >= 0.3 is 0 Å². The van der Waals surface area contributed by atoms with E-state index in [0.717, 1.165) is 0 Å². The van der Waals surface area contributed by atoms with E-state index in [1.165, 1.54) is 23.0 Å². The number of benzene rings is 1. The molecule has 0 saturated carbocycles. The average Bonchev–Trinajstić information content (AvgIpc) is 2.77. The van der Waals surface area contributed by atoms with E-state index in [0.29, 0.717) is 11.4 Å². The molecule has 7 heteroatoms. The number of nitrogens with zero attached hydrogens (tertiary/aromatic N) is 4. The first-order valence-electron chi connectivity index (χ1n) is 4.47. The molecule has 0 unspecified atom stereocenters. The number of aromatic nitrogens is 3. The minimum Gasteiger partial charge on any atom is -0.390 e. The summed E-state index contributed by atoms with van der Waals surface area (Å²) in [5, 5.41) is 26.9. The van der Waals surface area contributed by atoms with Crippen LogP contribution in [-0.4, -0.2) is 25.0 Å². The maximum Gasteiger partial charge on any atom is 0.269 e. The zero-order valence-electron chi connectivity index (χ0n) is 8.15. The van der Waals surface area contributed by atoms with Crippen molar-refractivity contribution in [3.05, 3.63) is 46.3 Å². The number of hydrogen-bond acceptors (Lipinski definition) is 5. The highest BCUT2D eigenvalue weighted by Crippen LogP contribution is 2.15. The normalized spacial score (nSPS) is 10.3. The fourth-order valence-corrected chi connectivity index (χ4v) is 1.30. The van der Waals surface area contributed by atoms with Crippen LogP contribution in [0.4, 0.5) is 5.69 Å². The highest BCUT2D eigenvalue weighted by Gasteiger charge is 2.08. The Bertz CT molecular complexity index is 506. The molecule has 0 aliphatic carbocycles. The van der Waals surface area contributed by atoms with Crippen LogP contribution in [0.3, 0.4) is 0 Å². The van der Waals surface area contributed by atoms with Crippen LogP contribution in [0.5, 0.6) is 0 Å². The van der Waals surface area contributed by atoms with E-state index in [2.05, 4.69) is 10.3 Å². The van der Waals surface area contributed by atoms with E-state index in [1.807, 2.05) is 0 Å². The van der Waals surface area contributed by atoms with Gasteiger partial charge in [0.1, 0.15) is 0 Å². The third kappa shape index (κ3) is 1.75. The fraction of sp³-hybridized carbons (Fsp3) is 0.111. The van der Waals surface area contributed by atoms with Crippen molar-refractivity contribution in [2.75, 3.05) is 0 Å². The van der Waals surface area contributed by atoms with Gasteiger partial charge in [-0.25, -0.2) is 4.68 Å². The van der Waals surface area contributed by atoms with Crippen LogP contribution in [0, 0.1) is 10.1 Å². The Morgan fingerprint density at radius 3 is 2.62 bits per heavy atom. The number of nitro groups is 1. The lowest BCUT2D eigenvalue weighted by atomic mass is 10.3. The van der Waals surface area contributed by atoms with Crippen molar-refractivity contribution in [1.82, 2.24) is 15.0 Å². The standard InChI is InChI=1S/C9H8N4O3/c14-6-9-5-10-11-12(9)7-1-3-8(4-2-7)13(15)16/h1-5,14H,6H2. The Hall–Kier alpha value is -2.28. The highest BCUT2D eigenvalue weighted by atomic mass is 16.6. The van der Waals surface area contributed by atoms with Crippen LogP contribution in [0.25, 0.3) is 5.69 Å². The first kappa shape index (κ1) is 10.2. The van der Waals surface area contributed by atoms with E-state index in [-0.39, 0.29) is 12.3 Å². The zero-order valence-corrected chi connectivity index (χ0v) is 8.15. The lowest BCUT2D eigenvalue weighted by molar-refractivity contribution is -0.384. The van der Waals surface area contributed by atoms with Gasteiger partial charge in [-0.2, -0.15) is 0 Å². The summed E-state index contributed by atoms with van der Waals surface area (Å²) in [5.74, 6) is 0. The van der Waals surface area contributed by atoms with Crippen molar-refractivity contribution in [1.29, 1.82) is 0 Å². The van der Waals surface area contributed by atoms with Gasteiger partial charge in [-0.3, -0.25) is 10.1 Å². The summed E-state index contributed by atoms with van der Waals surface area (Å²) >= 11 is 0. The van der Waals surface area contributed by atoms with Gasteiger partial charge < -0.3 is 5.11 Å². The molecule has 0 aliphatic rings. The number of aliphatic hydroxyl groups is 1. The van der Waals surface area contributed by atoms with Crippen molar-refractivity contribution in [3.8, 4) is 5.69 Å². The van der Waals surface area contributed by atoms with Crippen molar-refractivity contribution >= 4 is 5.69 Å². The third-order valence-corrected chi connectivity index (χ3v) is 2.09. The minimum atomic E-state index is -0.474. The van der Waals surface area contributed by atoms with Crippen LogP contribution in [0.1, 0.15) is 5.69 Å². The Labute approximate surface area is 90.1 Å². The van der Waals surface area contributed by atoms with Crippen molar-refractivity contribution in [2.24, 2.45) is 0 Å². The van der Waals surface area contributed by atoms with Gasteiger partial charge in [-0.1, -0.05) is 5.21 Å². The second-order valence-corrected chi connectivity index (χ2v) is 3.07. The van der Waals surface area contributed by atoms with Crippen molar-refractivity contribution in [2.45, 2.75) is 6.61 Å². The monoisotopic (exact) mass is 220 g/mol. The van der Waals surface area contributed by atoms with E-state index < -0.39 is 4.92 Å². The molecule has 0 aliphatic heterocycles. The van der Waals surface area contributed by atoms with Gasteiger partial charge in [0.15, 0.2) is 0 Å². The Morgan fingerprint density at radius 2 is 2.06 bits per heavy atom. The molecule has 2 rings (SSSR count). The Kier molecular flexibility index (Phi) is 2.61. The first-order chi connectivity index (χ1) is 7.72. The molecule has 1 heterocycles. The van der Waals surface area contributed by atoms with E-state index >= 15 is 0 Å². The number of aliphatic hydroxyl groups excluding tert-OH is 1. The molecule has 1 aromatic heterocycles. The molecule has 0 radical (unpaired) electrons. The lowest BCUT2D eigenvalue weighted by Crippen LogP contribution is -2.02. The van der Waals surface area contributed by atoms with Gasteiger partial charge in [0.25, 0.3) is 5.69 Å². The zero-order chi connectivity index (χ0) is 11.5. The van der Waals surface area contributed by atoms with E-state index in [4.69, 9.17) is 5.11 Å². The first-order valence-corrected chi connectivity index (χ1v) is 4.47. The highest BCUT2D eigenvalue weighted by molar-refractivity contribution is 5.40. The third-order valence-electron chi connectivity index (χ3n) is 2.09. The van der Waals surface area contributed by atoms with Crippen LogP contribution in [0.15, 0.2) is 30.5 Å². The minimum absolute atomic E-state index is 0.00872. The van der Waals surface area contributed by atoms with Crippen LogP contribution in [0.2, 0.25) is 0 Å². The van der Waals surface area contributed by atoms with Crippen molar-refractivity contribution < 1.29 is 10.0 Å². The second kappa shape index (κ2) is 4.07. The van der Waals surface area contributed by atoms with Gasteiger partial charge in [0, 0.05) is 12.1 Å². The fourth-order valence-electron chi connectivity index (χ4n) is 1.30. The predicted octanol–water partition coefficient (Wildman–Crippen LogP) is 0.668. The quantitative estimate of drug-likeness (QED) is 0.605. The van der Waals surface area contributed by atoms with Crippen LogP contribution in [-0.2, 0) is 6.61 Å². The summed E-state index contributed by atoms with van der Waals surface area (Å²) in [7, 11) is 0.